The lowest BCUT2D eigenvalue weighted by Crippen LogP contribution is -2.70. The van der Waals surface area contributed by atoms with Gasteiger partial charge >= 0.3 is 0 Å². The van der Waals surface area contributed by atoms with Crippen LogP contribution in [-0.2, 0) is 5.41 Å². The number of fused-ring (bicyclic) bond motifs is 2. The van der Waals surface area contributed by atoms with E-state index in [1.54, 1.807) is 0 Å². The van der Waals surface area contributed by atoms with Gasteiger partial charge in [0.25, 0.3) is 0 Å². The number of hydrogen-bond donors (Lipinski definition) is 1. The molecule has 0 unspecified atom stereocenters. The fourth-order valence-corrected chi connectivity index (χ4v) is 15.1. The number of benzene rings is 3. The van der Waals surface area contributed by atoms with Crippen molar-refractivity contribution in [1.82, 2.24) is 15.0 Å². The minimum Gasteiger partial charge on any atom is -0.345 e. The third-order valence-electron chi connectivity index (χ3n) is 9.34. The van der Waals surface area contributed by atoms with E-state index in [-0.39, 0.29) is 15.5 Å². The van der Waals surface area contributed by atoms with Crippen LogP contribution in [0.5, 0.6) is 0 Å². The monoisotopic (exact) mass is 570 g/mol. The molecule has 3 heterocycles. The molecule has 0 saturated carbocycles. The predicted octanol–water partition coefficient (Wildman–Crippen LogP) is 8.74. The molecule has 0 spiro atoms. The van der Waals surface area contributed by atoms with Crippen LogP contribution in [-0.4, -0.2) is 23.0 Å². The number of nitrogens with zero attached hydrogens (tertiary/aromatic N) is 3. The highest BCUT2D eigenvalue weighted by atomic mass is 28.3. The molecule has 0 fully saturated rings. The first-order valence-corrected chi connectivity index (χ1v) is 16.9. The quantitative estimate of drug-likeness (QED) is 0.220. The van der Waals surface area contributed by atoms with E-state index in [1.165, 1.54) is 38.7 Å². The average Bonchev–Trinajstić information content (AvgIpc) is 3.48. The minimum absolute atomic E-state index is 0.0182. The van der Waals surface area contributed by atoms with Gasteiger partial charge in [-0.2, -0.15) is 0 Å². The van der Waals surface area contributed by atoms with Crippen LogP contribution in [0.3, 0.4) is 0 Å². The first kappa shape index (κ1) is 28.2. The van der Waals surface area contributed by atoms with Crippen molar-refractivity contribution in [2.75, 3.05) is 4.90 Å². The minimum atomic E-state index is -2.46. The molecule has 1 aliphatic rings. The van der Waals surface area contributed by atoms with Crippen LogP contribution in [0.4, 0.5) is 17.1 Å². The van der Waals surface area contributed by atoms with Gasteiger partial charge in [-0.1, -0.05) is 104 Å². The molecule has 42 heavy (non-hydrogen) atoms. The maximum Gasteiger partial charge on any atom is 0.151 e. The van der Waals surface area contributed by atoms with Crippen LogP contribution in [0.2, 0.25) is 10.1 Å². The normalized spacial score (nSPS) is 14.8. The van der Waals surface area contributed by atoms with Gasteiger partial charge in [-0.15, -0.1) is 0 Å². The van der Waals surface area contributed by atoms with Crippen molar-refractivity contribution in [1.29, 1.82) is 0 Å². The fraction of sp³-hybridized carbons (Fsp3) is 0.297. The molecule has 0 bridgehead atoms. The molecule has 4 nitrogen and oxygen atoms in total. The smallest absolute Gasteiger partial charge is 0.151 e. The van der Waals surface area contributed by atoms with Crippen LogP contribution in [0.15, 0.2) is 104 Å². The van der Waals surface area contributed by atoms with Gasteiger partial charge in [0.2, 0.25) is 0 Å². The predicted molar refractivity (Wildman–Crippen MR) is 180 cm³/mol. The molecule has 0 radical (unpaired) electrons. The van der Waals surface area contributed by atoms with E-state index in [2.05, 4.69) is 149 Å². The molecule has 5 heteroatoms. The summed E-state index contributed by atoms with van der Waals surface area (Å²) < 4.78 is 0. The zero-order valence-corrected chi connectivity index (χ0v) is 27.2. The number of anilines is 3. The summed E-state index contributed by atoms with van der Waals surface area (Å²) in [5.41, 5.74) is 7.16. The van der Waals surface area contributed by atoms with E-state index >= 15 is 0 Å². The van der Waals surface area contributed by atoms with Crippen LogP contribution >= 0.6 is 0 Å². The van der Waals surface area contributed by atoms with E-state index in [4.69, 9.17) is 4.98 Å². The van der Waals surface area contributed by atoms with Crippen LogP contribution in [0.1, 0.15) is 66.5 Å². The van der Waals surface area contributed by atoms with Gasteiger partial charge in [0.15, 0.2) is 8.07 Å². The Balaban J connectivity index is 1.64. The van der Waals surface area contributed by atoms with E-state index in [9.17, 15) is 0 Å². The molecule has 0 saturated heterocycles. The summed E-state index contributed by atoms with van der Waals surface area (Å²) in [5.74, 6) is 0.880. The topological polar surface area (TPSA) is 44.8 Å². The van der Waals surface area contributed by atoms with Gasteiger partial charge < -0.3 is 9.88 Å². The first-order chi connectivity index (χ1) is 19.9. The number of aromatic amines is 1. The molecule has 5 aromatic rings. The molecule has 214 valence electrons. The fourth-order valence-electron chi connectivity index (χ4n) is 7.94. The number of H-pyrrole nitrogens is 1. The molecular formula is C37H42N4Si. The lowest BCUT2D eigenvalue weighted by Gasteiger charge is -2.52. The lowest BCUT2D eigenvalue weighted by molar-refractivity contribution is 0.632. The number of hydrogen-bond acceptors (Lipinski definition) is 3. The molecular weight excluding hydrogens is 529 g/mol. The summed E-state index contributed by atoms with van der Waals surface area (Å²) >= 11 is 0. The van der Waals surface area contributed by atoms with Crippen molar-refractivity contribution >= 4 is 35.6 Å². The van der Waals surface area contributed by atoms with Crippen molar-refractivity contribution < 1.29 is 0 Å². The van der Waals surface area contributed by atoms with Crippen molar-refractivity contribution in [3.63, 3.8) is 0 Å². The van der Waals surface area contributed by atoms with Crippen molar-refractivity contribution in [3.8, 4) is 11.4 Å². The van der Waals surface area contributed by atoms with E-state index in [0.29, 0.717) is 0 Å². The van der Waals surface area contributed by atoms with Crippen LogP contribution < -0.4 is 15.4 Å². The second kappa shape index (κ2) is 9.81. The molecule has 6 rings (SSSR count). The SMILES string of the molecule is CC1(C)c2ccccc2N(c2cccc([Si](c3ccccn3)(C(C)(C)C)C(C)(C)C)c2)c2cc(-c3ncc[nH]3)ccc21. The van der Waals surface area contributed by atoms with E-state index in [1.807, 2.05) is 24.7 Å². The maximum atomic E-state index is 5.07. The second-order valence-electron chi connectivity index (χ2n) is 14.2. The Labute approximate surface area is 251 Å². The Bertz CT molecular complexity index is 1710. The van der Waals surface area contributed by atoms with Gasteiger partial charge in [-0.25, -0.2) is 4.98 Å². The van der Waals surface area contributed by atoms with Crippen LogP contribution in [0, 0.1) is 0 Å². The number of para-hydroxylation sites is 1. The van der Waals surface area contributed by atoms with Gasteiger partial charge in [0.1, 0.15) is 5.82 Å². The Kier molecular flexibility index (Phi) is 6.58. The third kappa shape index (κ3) is 4.17. The summed E-state index contributed by atoms with van der Waals surface area (Å²) in [7, 11) is -2.46. The number of rotatable bonds is 4. The number of aromatic nitrogens is 3. The summed E-state index contributed by atoms with van der Waals surface area (Å²) in [5, 5.41) is 2.68. The second-order valence-corrected chi connectivity index (χ2v) is 19.8. The van der Waals surface area contributed by atoms with E-state index < -0.39 is 8.07 Å². The third-order valence-corrected chi connectivity index (χ3v) is 16.1. The highest BCUT2D eigenvalue weighted by molar-refractivity contribution is 7.05. The van der Waals surface area contributed by atoms with Gasteiger partial charge in [-0.3, -0.25) is 4.98 Å². The number of imidazole rings is 1. The average molecular weight is 571 g/mol. The molecule has 0 amide bonds. The van der Waals surface area contributed by atoms with Gasteiger partial charge in [-0.05, 0) is 62.8 Å². The molecule has 1 aliphatic heterocycles. The summed E-state index contributed by atoms with van der Waals surface area (Å²) in [6.07, 6.45) is 5.67. The molecule has 1 N–H and O–H groups in total. The molecule has 3 aromatic carbocycles. The summed E-state index contributed by atoms with van der Waals surface area (Å²) in [4.78, 5) is 15.4. The van der Waals surface area contributed by atoms with Gasteiger partial charge in [0.05, 0.1) is 11.4 Å². The summed E-state index contributed by atoms with van der Waals surface area (Å²) in [6, 6.07) is 31.5. The van der Waals surface area contributed by atoms with Gasteiger partial charge in [0, 0.05) is 40.6 Å². The van der Waals surface area contributed by atoms with Crippen LogP contribution in [0.25, 0.3) is 11.4 Å². The highest BCUT2D eigenvalue weighted by Gasteiger charge is 2.56. The van der Waals surface area contributed by atoms with Crippen molar-refractivity contribution in [2.24, 2.45) is 0 Å². The number of nitrogens with one attached hydrogen (secondary N) is 1. The zero-order valence-electron chi connectivity index (χ0n) is 26.2. The Morgan fingerprint density at radius 1 is 0.690 bits per heavy atom. The Morgan fingerprint density at radius 3 is 2.07 bits per heavy atom. The van der Waals surface area contributed by atoms with E-state index in [0.717, 1.165) is 11.4 Å². The zero-order chi connectivity index (χ0) is 29.9. The molecule has 0 aliphatic carbocycles. The van der Waals surface area contributed by atoms with Crippen molar-refractivity contribution in [3.05, 3.63) is 115 Å². The molecule has 2 aromatic heterocycles. The number of pyridine rings is 1. The highest BCUT2D eigenvalue weighted by Crippen LogP contribution is 2.54. The standard InChI is InChI=1S/C37H42N4Si/c1-35(2,3)42(36(4,5)6,33-18-11-12-21-38-33)28-15-13-14-27(25-28)41-31-17-10-9-16-29(31)37(7,8)30-20-19-26(24-32(30)41)34-39-22-23-40-34/h9-25H,1-8H3,(H,39,40). The summed E-state index contributed by atoms with van der Waals surface area (Å²) in [6.45, 7) is 19.1. The lowest BCUT2D eigenvalue weighted by atomic mass is 9.73. The Hall–Kier alpha value is -3.96. The largest absolute Gasteiger partial charge is 0.345 e. The molecule has 0 atom stereocenters. The Morgan fingerprint density at radius 2 is 1.40 bits per heavy atom. The maximum absolute atomic E-state index is 5.07. The van der Waals surface area contributed by atoms with Crippen molar-refractivity contribution in [2.45, 2.75) is 70.9 Å². The first-order valence-electron chi connectivity index (χ1n) is 14.9.